The van der Waals surface area contributed by atoms with Crippen molar-refractivity contribution in [1.82, 2.24) is 9.88 Å². The van der Waals surface area contributed by atoms with Gasteiger partial charge >= 0.3 is 0 Å². The predicted molar refractivity (Wildman–Crippen MR) is 74.3 cm³/mol. The zero-order chi connectivity index (χ0) is 13.2. The Balaban J connectivity index is 1.88. The molecule has 1 aliphatic rings. The molecule has 1 aromatic carbocycles. The van der Waals surface area contributed by atoms with Crippen LogP contribution in [0.5, 0.6) is 0 Å². The molecule has 0 spiro atoms. The summed E-state index contributed by atoms with van der Waals surface area (Å²) < 4.78 is 0. The van der Waals surface area contributed by atoms with Crippen molar-refractivity contribution in [1.29, 1.82) is 0 Å². The Kier molecular flexibility index (Phi) is 3.17. The Bertz CT molecular complexity index is 606. The molecule has 4 nitrogen and oxygen atoms in total. The van der Waals surface area contributed by atoms with Crippen LogP contribution in [0.25, 0.3) is 10.9 Å². The summed E-state index contributed by atoms with van der Waals surface area (Å²) in [5, 5.41) is 1.12. The quantitative estimate of drug-likeness (QED) is 0.905. The number of amides is 1. The SMILES string of the molecule is NCC1CC(=O)N(Cc2cccc3ncccc23)C1. The molecule has 4 heteroatoms. The highest BCUT2D eigenvalue weighted by atomic mass is 16.2. The van der Waals surface area contributed by atoms with Crippen molar-refractivity contribution in [3.63, 3.8) is 0 Å². The second-order valence-electron chi connectivity index (χ2n) is 5.07. The van der Waals surface area contributed by atoms with E-state index in [2.05, 4.69) is 17.1 Å². The molecule has 1 atom stereocenters. The van der Waals surface area contributed by atoms with Gasteiger partial charge in [0.05, 0.1) is 5.52 Å². The third-order valence-electron chi connectivity index (χ3n) is 3.73. The zero-order valence-corrected chi connectivity index (χ0v) is 10.7. The van der Waals surface area contributed by atoms with Crippen LogP contribution in [-0.2, 0) is 11.3 Å². The number of hydrogen-bond donors (Lipinski definition) is 1. The normalized spacial score (nSPS) is 19.3. The first-order valence-corrected chi connectivity index (χ1v) is 6.58. The van der Waals surface area contributed by atoms with Crippen molar-refractivity contribution in [2.24, 2.45) is 11.7 Å². The van der Waals surface area contributed by atoms with Gasteiger partial charge in [-0.3, -0.25) is 9.78 Å². The molecule has 0 saturated carbocycles. The molecule has 0 aliphatic carbocycles. The standard InChI is InChI=1S/C15H17N3O/c16-8-11-7-15(19)18(9-11)10-12-3-1-5-14-13(12)4-2-6-17-14/h1-6,11H,7-10,16H2. The van der Waals surface area contributed by atoms with Gasteiger partial charge in [-0.2, -0.15) is 0 Å². The number of benzene rings is 1. The molecule has 1 aliphatic heterocycles. The minimum absolute atomic E-state index is 0.205. The van der Waals surface area contributed by atoms with E-state index >= 15 is 0 Å². The number of nitrogens with two attached hydrogens (primary N) is 1. The predicted octanol–water partition coefficient (Wildman–Crippen LogP) is 1.54. The minimum Gasteiger partial charge on any atom is -0.338 e. The average molecular weight is 255 g/mol. The molecular formula is C15H17N3O. The van der Waals surface area contributed by atoms with Crippen LogP contribution in [0, 0.1) is 5.92 Å². The van der Waals surface area contributed by atoms with Gasteiger partial charge in [-0.15, -0.1) is 0 Å². The summed E-state index contributed by atoms with van der Waals surface area (Å²) >= 11 is 0. The van der Waals surface area contributed by atoms with Crippen molar-refractivity contribution < 1.29 is 4.79 Å². The number of nitrogens with zero attached hydrogens (tertiary/aromatic N) is 2. The van der Waals surface area contributed by atoms with Gasteiger partial charge < -0.3 is 10.6 Å². The lowest BCUT2D eigenvalue weighted by atomic mass is 10.1. The number of likely N-dealkylation sites (tertiary alicyclic amines) is 1. The fraction of sp³-hybridized carbons (Fsp3) is 0.333. The summed E-state index contributed by atoms with van der Waals surface area (Å²) in [7, 11) is 0. The Morgan fingerprint density at radius 2 is 2.21 bits per heavy atom. The van der Waals surface area contributed by atoms with Crippen molar-refractivity contribution in [3.05, 3.63) is 42.1 Å². The number of carbonyl (C=O) groups is 1. The number of carbonyl (C=O) groups excluding carboxylic acids is 1. The fourth-order valence-corrected chi connectivity index (χ4v) is 2.68. The van der Waals surface area contributed by atoms with Crippen LogP contribution in [0.1, 0.15) is 12.0 Å². The van der Waals surface area contributed by atoms with Gasteiger partial charge in [0.15, 0.2) is 0 Å². The second kappa shape index (κ2) is 4.97. The lowest BCUT2D eigenvalue weighted by Crippen LogP contribution is -2.25. The summed E-state index contributed by atoms with van der Waals surface area (Å²) in [6.45, 7) is 2.00. The molecule has 1 aromatic heterocycles. The van der Waals surface area contributed by atoms with E-state index in [-0.39, 0.29) is 5.91 Å². The highest BCUT2D eigenvalue weighted by Crippen LogP contribution is 2.23. The molecule has 3 rings (SSSR count). The van der Waals surface area contributed by atoms with Crippen LogP contribution in [0.2, 0.25) is 0 Å². The Hall–Kier alpha value is -1.94. The van der Waals surface area contributed by atoms with Gasteiger partial charge in [-0.25, -0.2) is 0 Å². The van der Waals surface area contributed by atoms with Crippen LogP contribution in [-0.4, -0.2) is 28.9 Å². The average Bonchev–Trinajstić information content (AvgIpc) is 2.80. The largest absolute Gasteiger partial charge is 0.338 e. The van der Waals surface area contributed by atoms with Crippen LogP contribution in [0.15, 0.2) is 36.5 Å². The molecule has 1 fully saturated rings. The maximum absolute atomic E-state index is 11.9. The number of aromatic nitrogens is 1. The van der Waals surface area contributed by atoms with Crippen LogP contribution in [0.3, 0.4) is 0 Å². The molecule has 1 amide bonds. The highest BCUT2D eigenvalue weighted by molar-refractivity contribution is 5.83. The molecule has 1 unspecified atom stereocenters. The molecule has 0 radical (unpaired) electrons. The van der Waals surface area contributed by atoms with Crippen molar-refractivity contribution >= 4 is 16.8 Å². The van der Waals surface area contributed by atoms with Crippen LogP contribution in [0.4, 0.5) is 0 Å². The Labute approximate surface area is 112 Å². The third kappa shape index (κ3) is 2.31. The Morgan fingerprint density at radius 3 is 3.00 bits per heavy atom. The number of pyridine rings is 1. The van der Waals surface area contributed by atoms with Gasteiger partial charge in [0.25, 0.3) is 0 Å². The molecule has 2 N–H and O–H groups in total. The first kappa shape index (κ1) is 12.1. The van der Waals surface area contributed by atoms with E-state index in [9.17, 15) is 4.79 Å². The lowest BCUT2D eigenvalue weighted by Gasteiger charge is -2.17. The highest BCUT2D eigenvalue weighted by Gasteiger charge is 2.28. The zero-order valence-electron chi connectivity index (χ0n) is 10.7. The molecule has 0 bridgehead atoms. The van der Waals surface area contributed by atoms with E-state index in [1.165, 1.54) is 0 Å². The second-order valence-corrected chi connectivity index (χ2v) is 5.07. The topological polar surface area (TPSA) is 59.2 Å². The van der Waals surface area contributed by atoms with Gasteiger partial charge in [0, 0.05) is 31.1 Å². The van der Waals surface area contributed by atoms with Gasteiger partial charge in [0.2, 0.25) is 5.91 Å². The summed E-state index contributed by atoms with van der Waals surface area (Å²) in [6.07, 6.45) is 2.37. The summed E-state index contributed by atoms with van der Waals surface area (Å²) in [4.78, 5) is 18.2. The number of rotatable bonds is 3. The van der Waals surface area contributed by atoms with E-state index in [1.54, 1.807) is 6.20 Å². The number of hydrogen-bond acceptors (Lipinski definition) is 3. The summed E-state index contributed by atoms with van der Waals surface area (Å²) in [5.74, 6) is 0.511. The van der Waals surface area contributed by atoms with Crippen molar-refractivity contribution in [3.8, 4) is 0 Å². The Morgan fingerprint density at radius 1 is 1.32 bits per heavy atom. The van der Waals surface area contributed by atoms with Gasteiger partial charge in [0.1, 0.15) is 0 Å². The van der Waals surface area contributed by atoms with Crippen molar-refractivity contribution in [2.45, 2.75) is 13.0 Å². The molecule has 2 aromatic rings. The van der Waals surface area contributed by atoms with Crippen molar-refractivity contribution in [2.75, 3.05) is 13.1 Å². The molecule has 2 heterocycles. The van der Waals surface area contributed by atoms with E-state index in [4.69, 9.17) is 5.73 Å². The molecule has 19 heavy (non-hydrogen) atoms. The maximum Gasteiger partial charge on any atom is 0.223 e. The summed E-state index contributed by atoms with van der Waals surface area (Å²) in [6, 6.07) is 10.0. The van der Waals surface area contributed by atoms with E-state index in [0.29, 0.717) is 25.4 Å². The van der Waals surface area contributed by atoms with Gasteiger partial charge in [-0.1, -0.05) is 18.2 Å². The summed E-state index contributed by atoms with van der Waals surface area (Å²) in [5.41, 5.74) is 7.78. The van der Waals surface area contributed by atoms with E-state index in [0.717, 1.165) is 23.0 Å². The molecule has 98 valence electrons. The van der Waals surface area contributed by atoms with E-state index < -0.39 is 0 Å². The lowest BCUT2D eigenvalue weighted by molar-refractivity contribution is -0.128. The fourth-order valence-electron chi connectivity index (χ4n) is 2.68. The first-order chi connectivity index (χ1) is 9.28. The number of fused-ring (bicyclic) bond motifs is 1. The van der Waals surface area contributed by atoms with Crippen LogP contribution < -0.4 is 5.73 Å². The van der Waals surface area contributed by atoms with Gasteiger partial charge in [-0.05, 0) is 30.2 Å². The molecular weight excluding hydrogens is 238 g/mol. The maximum atomic E-state index is 11.9. The van der Waals surface area contributed by atoms with E-state index in [1.807, 2.05) is 23.1 Å². The minimum atomic E-state index is 0.205. The monoisotopic (exact) mass is 255 g/mol. The first-order valence-electron chi connectivity index (χ1n) is 6.58. The smallest absolute Gasteiger partial charge is 0.223 e. The molecule has 1 saturated heterocycles. The third-order valence-corrected chi connectivity index (χ3v) is 3.73. The van der Waals surface area contributed by atoms with Crippen LogP contribution >= 0.6 is 0 Å².